The molecule has 1 heterocycles. The van der Waals surface area contributed by atoms with Crippen LogP contribution in [0.2, 0.25) is 0 Å². The Labute approximate surface area is 105 Å². The minimum Gasteiger partial charge on any atom is -0.388 e. The monoisotopic (exact) mass is 249 g/mol. The third kappa shape index (κ3) is 2.87. The summed E-state index contributed by atoms with van der Waals surface area (Å²) in [5.74, 6) is 0. The summed E-state index contributed by atoms with van der Waals surface area (Å²) >= 11 is 1.56. The third-order valence-electron chi connectivity index (χ3n) is 2.53. The largest absolute Gasteiger partial charge is 0.388 e. The SMILES string of the molecule is CCC(O)c1ccc(Sc2nncn2C)cc1. The molecule has 1 aromatic carbocycles. The number of aliphatic hydroxyl groups is 1. The predicted octanol–water partition coefficient (Wildman–Crippen LogP) is 2.41. The molecule has 4 nitrogen and oxygen atoms in total. The van der Waals surface area contributed by atoms with Gasteiger partial charge in [0.05, 0.1) is 6.10 Å². The van der Waals surface area contributed by atoms with Crippen molar-refractivity contribution in [3.05, 3.63) is 36.2 Å². The molecule has 0 aliphatic rings. The van der Waals surface area contributed by atoms with Gasteiger partial charge < -0.3 is 9.67 Å². The molecule has 0 fully saturated rings. The van der Waals surface area contributed by atoms with Gasteiger partial charge in [-0.25, -0.2) is 0 Å². The second-order valence-electron chi connectivity index (χ2n) is 3.82. The van der Waals surface area contributed by atoms with E-state index in [2.05, 4.69) is 10.2 Å². The molecule has 2 aromatic rings. The van der Waals surface area contributed by atoms with E-state index in [-0.39, 0.29) is 6.10 Å². The van der Waals surface area contributed by atoms with Crippen molar-refractivity contribution < 1.29 is 5.11 Å². The van der Waals surface area contributed by atoms with Crippen LogP contribution in [0.4, 0.5) is 0 Å². The maximum atomic E-state index is 9.69. The van der Waals surface area contributed by atoms with Crippen molar-refractivity contribution in [3.8, 4) is 0 Å². The first-order chi connectivity index (χ1) is 8.20. The van der Waals surface area contributed by atoms with Gasteiger partial charge in [0.1, 0.15) is 6.33 Å². The average molecular weight is 249 g/mol. The second-order valence-corrected chi connectivity index (χ2v) is 4.86. The lowest BCUT2D eigenvalue weighted by atomic mass is 10.1. The summed E-state index contributed by atoms with van der Waals surface area (Å²) in [5.41, 5.74) is 0.954. The Hall–Kier alpha value is -1.33. The van der Waals surface area contributed by atoms with Crippen LogP contribution in [0.3, 0.4) is 0 Å². The lowest BCUT2D eigenvalue weighted by Gasteiger charge is -2.08. The molecule has 90 valence electrons. The average Bonchev–Trinajstić information content (AvgIpc) is 2.75. The van der Waals surface area contributed by atoms with Gasteiger partial charge in [-0.1, -0.05) is 19.1 Å². The van der Waals surface area contributed by atoms with E-state index in [0.29, 0.717) is 0 Å². The highest BCUT2D eigenvalue weighted by Crippen LogP contribution is 2.27. The van der Waals surface area contributed by atoms with Gasteiger partial charge in [0.25, 0.3) is 0 Å². The first-order valence-corrected chi connectivity index (χ1v) is 6.32. The molecule has 0 saturated carbocycles. The molecule has 1 atom stereocenters. The van der Waals surface area contributed by atoms with Gasteiger partial charge in [0.15, 0.2) is 5.16 Å². The molecule has 0 amide bonds. The zero-order valence-corrected chi connectivity index (χ0v) is 10.7. The number of benzene rings is 1. The van der Waals surface area contributed by atoms with E-state index in [4.69, 9.17) is 0 Å². The molecule has 0 bridgehead atoms. The molecular weight excluding hydrogens is 234 g/mol. The Balaban J connectivity index is 2.11. The molecule has 0 saturated heterocycles. The van der Waals surface area contributed by atoms with Crippen molar-refractivity contribution in [2.24, 2.45) is 7.05 Å². The van der Waals surface area contributed by atoms with Crippen LogP contribution in [0.5, 0.6) is 0 Å². The van der Waals surface area contributed by atoms with Crippen LogP contribution in [-0.4, -0.2) is 19.9 Å². The highest BCUT2D eigenvalue weighted by Gasteiger charge is 2.06. The van der Waals surface area contributed by atoms with Crippen molar-refractivity contribution in [1.29, 1.82) is 0 Å². The van der Waals surface area contributed by atoms with Crippen LogP contribution in [-0.2, 0) is 7.05 Å². The van der Waals surface area contributed by atoms with E-state index < -0.39 is 0 Å². The number of aliphatic hydroxyl groups excluding tert-OH is 1. The molecule has 1 aromatic heterocycles. The number of aryl methyl sites for hydroxylation is 1. The summed E-state index contributed by atoms with van der Waals surface area (Å²) in [6.07, 6.45) is 2.04. The van der Waals surface area contributed by atoms with E-state index in [0.717, 1.165) is 22.0 Å². The Morgan fingerprint density at radius 3 is 2.59 bits per heavy atom. The van der Waals surface area contributed by atoms with Gasteiger partial charge in [0.2, 0.25) is 0 Å². The lowest BCUT2D eigenvalue weighted by molar-refractivity contribution is 0.173. The fraction of sp³-hybridized carbons (Fsp3) is 0.333. The number of hydrogen-bond acceptors (Lipinski definition) is 4. The van der Waals surface area contributed by atoms with Crippen molar-refractivity contribution in [2.75, 3.05) is 0 Å². The van der Waals surface area contributed by atoms with Crippen LogP contribution in [0, 0.1) is 0 Å². The summed E-state index contributed by atoms with van der Waals surface area (Å²) in [5, 5.41) is 18.4. The highest BCUT2D eigenvalue weighted by molar-refractivity contribution is 7.99. The highest BCUT2D eigenvalue weighted by atomic mass is 32.2. The van der Waals surface area contributed by atoms with Gasteiger partial charge >= 0.3 is 0 Å². The third-order valence-corrected chi connectivity index (χ3v) is 3.59. The number of rotatable bonds is 4. The molecule has 1 unspecified atom stereocenters. The lowest BCUT2D eigenvalue weighted by Crippen LogP contribution is -1.94. The van der Waals surface area contributed by atoms with E-state index in [1.807, 2.05) is 42.8 Å². The van der Waals surface area contributed by atoms with E-state index in [9.17, 15) is 5.11 Å². The predicted molar refractivity (Wildman–Crippen MR) is 66.8 cm³/mol. The van der Waals surface area contributed by atoms with Crippen molar-refractivity contribution >= 4 is 11.8 Å². The summed E-state index contributed by atoms with van der Waals surface area (Å²) in [7, 11) is 1.91. The van der Waals surface area contributed by atoms with E-state index in [1.165, 1.54) is 0 Å². The van der Waals surface area contributed by atoms with E-state index >= 15 is 0 Å². The Morgan fingerprint density at radius 1 is 1.35 bits per heavy atom. The molecule has 17 heavy (non-hydrogen) atoms. The quantitative estimate of drug-likeness (QED) is 0.904. The Bertz CT molecular complexity index is 481. The maximum absolute atomic E-state index is 9.69. The van der Waals surface area contributed by atoms with Crippen molar-refractivity contribution in [3.63, 3.8) is 0 Å². The van der Waals surface area contributed by atoms with Gasteiger partial charge in [-0.2, -0.15) is 0 Å². The molecule has 2 rings (SSSR count). The minimum atomic E-state index is -0.371. The molecule has 0 aliphatic heterocycles. The van der Waals surface area contributed by atoms with Crippen LogP contribution in [0.15, 0.2) is 40.6 Å². The molecular formula is C12H15N3OS. The minimum absolute atomic E-state index is 0.371. The van der Waals surface area contributed by atoms with Gasteiger partial charge in [-0.3, -0.25) is 0 Å². The summed E-state index contributed by atoms with van der Waals surface area (Å²) < 4.78 is 1.87. The van der Waals surface area contributed by atoms with Crippen LogP contribution in [0.25, 0.3) is 0 Å². The topological polar surface area (TPSA) is 50.9 Å². The number of hydrogen-bond donors (Lipinski definition) is 1. The summed E-state index contributed by atoms with van der Waals surface area (Å²) in [6, 6.07) is 7.89. The van der Waals surface area contributed by atoms with Crippen molar-refractivity contribution in [1.82, 2.24) is 14.8 Å². The smallest absolute Gasteiger partial charge is 0.195 e. The van der Waals surface area contributed by atoms with Crippen LogP contribution >= 0.6 is 11.8 Å². The molecule has 5 heteroatoms. The summed E-state index contributed by atoms with van der Waals surface area (Å²) in [4.78, 5) is 1.09. The first kappa shape index (κ1) is 12.1. The molecule has 0 radical (unpaired) electrons. The second kappa shape index (κ2) is 5.33. The molecule has 1 N–H and O–H groups in total. The standard InChI is InChI=1S/C12H15N3OS/c1-3-11(16)9-4-6-10(7-5-9)17-12-14-13-8-15(12)2/h4-8,11,16H,3H2,1-2H3. The van der Waals surface area contributed by atoms with Gasteiger partial charge in [-0.05, 0) is 35.9 Å². The number of nitrogens with zero attached hydrogens (tertiary/aromatic N) is 3. The molecule has 0 spiro atoms. The maximum Gasteiger partial charge on any atom is 0.195 e. The number of aromatic nitrogens is 3. The normalized spacial score (nSPS) is 12.6. The zero-order valence-electron chi connectivity index (χ0n) is 9.87. The van der Waals surface area contributed by atoms with E-state index in [1.54, 1.807) is 18.1 Å². The Morgan fingerprint density at radius 2 is 2.06 bits per heavy atom. The fourth-order valence-electron chi connectivity index (χ4n) is 1.46. The Kier molecular flexibility index (Phi) is 3.81. The van der Waals surface area contributed by atoms with Gasteiger partial charge in [0, 0.05) is 11.9 Å². The van der Waals surface area contributed by atoms with Gasteiger partial charge in [-0.15, -0.1) is 10.2 Å². The van der Waals surface area contributed by atoms with Crippen LogP contribution < -0.4 is 0 Å². The summed E-state index contributed by atoms with van der Waals surface area (Å²) in [6.45, 7) is 1.97. The fourth-order valence-corrected chi connectivity index (χ4v) is 2.23. The van der Waals surface area contributed by atoms with Crippen molar-refractivity contribution in [2.45, 2.75) is 29.5 Å². The molecule has 0 aliphatic carbocycles. The first-order valence-electron chi connectivity index (χ1n) is 5.50. The zero-order chi connectivity index (χ0) is 12.3. The van der Waals surface area contributed by atoms with Crippen LogP contribution in [0.1, 0.15) is 25.0 Å².